The lowest BCUT2D eigenvalue weighted by Gasteiger charge is -2.10. The molecule has 0 aliphatic rings. The summed E-state index contributed by atoms with van der Waals surface area (Å²) in [6.45, 7) is 4.48. The number of esters is 1. The summed E-state index contributed by atoms with van der Waals surface area (Å²) in [6.07, 6.45) is 1.86. The number of methoxy groups -OCH3 is 1. The Bertz CT molecular complexity index is 660. The van der Waals surface area contributed by atoms with Gasteiger partial charge in [-0.1, -0.05) is 31.2 Å². The molecule has 0 unspecified atom stereocenters. The smallest absolute Gasteiger partial charge is 0.316 e. The molecule has 7 nitrogen and oxygen atoms in total. The molecule has 2 aromatic rings. The zero-order valence-electron chi connectivity index (χ0n) is 13.5. The lowest BCUT2D eigenvalue weighted by atomic mass is 10.2. The van der Waals surface area contributed by atoms with Crippen molar-refractivity contribution in [2.75, 3.05) is 19.5 Å². The van der Waals surface area contributed by atoms with Gasteiger partial charge in [-0.2, -0.15) is 4.68 Å². The van der Waals surface area contributed by atoms with Crippen LogP contribution in [0.2, 0.25) is 0 Å². The molecule has 124 valence electrons. The molecule has 0 radical (unpaired) electrons. The highest BCUT2D eigenvalue weighted by molar-refractivity contribution is 7.99. The molecular formula is C15H20N4O3S. The van der Waals surface area contributed by atoms with Crippen LogP contribution in [0.15, 0.2) is 23.4 Å². The van der Waals surface area contributed by atoms with E-state index < -0.39 is 0 Å². The van der Waals surface area contributed by atoms with Gasteiger partial charge in [-0.3, -0.25) is 4.79 Å². The molecule has 0 spiro atoms. The predicted octanol–water partition coefficient (Wildman–Crippen LogP) is 2.41. The molecule has 0 fully saturated rings. The number of ether oxygens (including phenoxy) is 2. The Balaban J connectivity index is 2.08. The van der Waals surface area contributed by atoms with Crippen molar-refractivity contribution in [3.63, 3.8) is 0 Å². The molecule has 1 heterocycles. The van der Waals surface area contributed by atoms with E-state index in [1.54, 1.807) is 11.8 Å². The van der Waals surface area contributed by atoms with Gasteiger partial charge < -0.3 is 9.47 Å². The first-order chi connectivity index (χ1) is 11.2. The normalized spacial score (nSPS) is 10.6. The van der Waals surface area contributed by atoms with E-state index >= 15 is 0 Å². The number of nitrogens with zero attached hydrogens (tertiary/aromatic N) is 4. The van der Waals surface area contributed by atoms with Crippen LogP contribution in [0.5, 0.6) is 5.75 Å². The molecule has 0 N–H and O–H groups in total. The maximum Gasteiger partial charge on any atom is 0.316 e. The van der Waals surface area contributed by atoms with Gasteiger partial charge in [0.05, 0.1) is 19.5 Å². The molecule has 23 heavy (non-hydrogen) atoms. The van der Waals surface area contributed by atoms with Crippen molar-refractivity contribution < 1.29 is 14.3 Å². The highest BCUT2D eigenvalue weighted by Gasteiger charge is 2.15. The van der Waals surface area contributed by atoms with Crippen LogP contribution < -0.4 is 4.74 Å². The number of hydrogen-bond acceptors (Lipinski definition) is 7. The number of tetrazole rings is 1. The van der Waals surface area contributed by atoms with E-state index in [1.807, 2.05) is 32.0 Å². The topological polar surface area (TPSA) is 79.1 Å². The maximum atomic E-state index is 11.7. The Morgan fingerprint density at radius 3 is 2.96 bits per heavy atom. The number of carbonyl (C=O) groups excluding carboxylic acids is 1. The number of unbranched alkanes of at least 4 members (excludes halogenated alkanes) is 1. The molecule has 0 atom stereocenters. The fourth-order valence-corrected chi connectivity index (χ4v) is 2.56. The third kappa shape index (κ3) is 4.69. The van der Waals surface area contributed by atoms with E-state index in [4.69, 9.17) is 9.47 Å². The fourth-order valence-electron chi connectivity index (χ4n) is 1.88. The molecule has 0 saturated carbocycles. The summed E-state index contributed by atoms with van der Waals surface area (Å²) in [7, 11) is 1.59. The van der Waals surface area contributed by atoms with E-state index in [0.29, 0.717) is 17.5 Å². The van der Waals surface area contributed by atoms with Crippen LogP contribution in [0.4, 0.5) is 0 Å². The number of aryl methyl sites for hydroxylation is 1. The molecule has 0 aliphatic heterocycles. The van der Waals surface area contributed by atoms with Crippen LogP contribution >= 0.6 is 11.8 Å². The summed E-state index contributed by atoms with van der Waals surface area (Å²) < 4.78 is 12.0. The Kier molecular flexibility index (Phi) is 6.40. The third-order valence-electron chi connectivity index (χ3n) is 3.08. The van der Waals surface area contributed by atoms with Crippen LogP contribution in [0, 0.1) is 6.92 Å². The van der Waals surface area contributed by atoms with Crippen LogP contribution in [0.25, 0.3) is 5.69 Å². The van der Waals surface area contributed by atoms with Crippen molar-refractivity contribution in [3.8, 4) is 11.4 Å². The summed E-state index contributed by atoms with van der Waals surface area (Å²) >= 11 is 1.24. The molecule has 0 saturated heterocycles. The second-order valence-electron chi connectivity index (χ2n) is 4.91. The molecule has 1 aromatic heterocycles. The monoisotopic (exact) mass is 336 g/mol. The first kappa shape index (κ1) is 17.3. The first-order valence-corrected chi connectivity index (χ1v) is 8.36. The van der Waals surface area contributed by atoms with Crippen LogP contribution in [0.3, 0.4) is 0 Å². The molecule has 0 aliphatic carbocycles. The minimum absolute atomic E-state index is 0.165. The molecule has 8 heteroatoms. The summed E-state index contributed by atoms with van der Waals surface area (Å²) in [4.78, 5) is 11.7. The highest BCUT2D eigenvalue weighted by Crippen LogP contribution is 2.26. The Labute approximate surface area is 139 Å². The van der Waals surface area contributed by atoms with E-state index in [0.717, 1.165) is 24.1 Å². The molecule has 2 rings (SSSR count). The van der Waals surface area contributed by atoms with E-state index in [1.165, 1.54) is 11.8 Å². The van der Waals surface area contributed by atoms with Gasteiger partial charge in [-0.05, 0) is 41.5 Å². The predicted molar refractivity (Wildman–Crippen MR) is 87.0 cm³/mol. The zero-order chi connectivity index (χ0) is 16.7. The number of benzene rings is 1. The van der Waals surface area contributed by atoms with Crippen LogP contribution in [0.1, 0.15) is 25.3 Å². The standard InChI is InChI=1S/C15H20N4O3S/c1-4-5-8-22-14(20)10-23-15-16-17-18-19(15)12-9-11(2)6-7-13(12)21-3/h6-7,9H,4-5,8,10H2,1-3H3. The summed E-state index contributed by atoms with van der Waals surface area (Å²) in [5.41, 5.74) is 1.80. The zero-order valence-corrected chi connectivity index (χ0v) is 14.3. The van der Waals surface area contributed by atoms with Gasteiger partial charge in [0.25, 0.3) is 0 Å². The summed E-state index contributed by atoms with van der Waals surface area (Å²) in [5.74, 6) is 0.558. The maximum absolute atomic E-state index is 11.7. The van der Waals surface area contributed by atoms with Gasteiger partial charge in [-0.25, -0.2) is 0 Å². The number of hydrogen-bond donors (Lipinski definition) is 0. The SMILES string of the molecule is CCCCOC(=O)CSc1nnnn1-c1cc(C)ccc1OC. The Morgan fingerprint density at radius 2 is 2.22 bits per heavy atom. The van der Waals surface area contributed by atoms with Gasteiger partial charge in [-0.15, -0.1) is 5.10 Å². The average Bonchev–Trinajstić information content (AvgIpc) is 3.01. The van der Waals surface area contributed by atoms with Crippen molar-refractivity contribution >= 4 is 17.7 Å². The molecular weight excluding hydrogens is 316 g/mol. The lowest BCUT2D eigenvalue weighted by Crippen LogP contribution is -2.09. The van der Waals surface area contributed by atoms with Crippen LogP contribution in [-0.2, 0) is 9.53 Å². The Hall–Kier alpha value is -2.09. The second-order valence-corrected chi connectivity index (χ2v) is 5.85. The second kappa shape index (κ2) is 8.52. The van der Waals surface area contributed by atoms with Gasteiger partial charge in [0.2, 0.25) is 5.16 Å². The summed E-state index contributed by atoms with van der Waals surface area (Å²) in [6, 6.07) is 5.74. The number of aromatic nitrogens is 4. The fraction of sp³-hybridized carbons (Fsp3) is 0.467. The lowest BCUT2D eigenvalue weighted by molar-refractivity contribution is -0.140. The summed E-state index contributed by atoms with van der Waals surface area (Å²) in [5, 5.41) is 12.2. The van der Waals surface area contributed by atoms with Gasteiger partial charge in [0, 0.05) is 0 Å². The van der Waals surface area contributed by atoms with Crippen molar-refractivity contribution in [2.45, 2.75) is 31.8 Å². The van der Waals surface area contributed by atoms with Crippen molar-refractivity contribution in [3.05, 3.63) is 23.8 Å². The average molecular weight is 336 g/mol. The number of rotatable bonds is 8. The van der Waals surface area contributed by atoms with Crippen molar-refractivity contribution in [1.29, 1.82) is 0 Å². The third-order valence-corrected chi connectivity index (χ3v) is 3.98. The van der Waals surface area contributed by atoms with Crippen molar-refractivity contribution in [1.82, 2.24) is 20.2 Å². The molecule has 0 bridgehead atoms. The minimum atomic E-state index is -0.269. The van der Waals surface area contributed by atoms with E-state index in [-0.39, 0.29) is 11.7 Å². The van der Waals surface area contributed by atoms with E-state index in [2.05, 4.69) is 15.5 Å². The minimum Gasteiger partial charge on any atom is -0.494 e. The largest absolute Gasteiger partial charge is 0.494 e. The van der Waals surface area contributed by atoms with Crippen LogP contribution in [-0.4, -0.2) is 45.6 Å². The molecule has 1 aromatic carbocycles. The Morgan fingerprint density at radius 1 is 1.39 bits per heavy atom. The van der Waals surface area contributed by atoms with Gasteiger partial charge in [0.1, 0.15) is 11.4 Å². The van der Waals surface area contributed by atoms with Gasteiger partial charge >= 0.3 is 5.97 Å². The number of thioether (sulfide) groups is 1. The molecule has 0 amide bonds. The van der Waals surface area contributed by atoms with E-state index in [9.17, 15) is 4.79 Å². The first-order valence-electron chi connectivity index (χ1n) is 7.37. The van der Waals surface area contributed by atoms with Gasteiger partial charge in [0.15, 0.2) is 0 Å². The van der Waals surface area contributed by atoms with Crippen molar-refractivity contribution in [2.24, 2.45) is 0 Å². The highest BCUT2D eigenvalue weighted by atomic mass is 32.2. The quantitative estimate of drug-likeness (QED) is 0.416. The number of carbonyl (C=O) groups is 1.